The van der Waals surface area contributed by atoms with Gasteiger partial charge in [0.1, 0.15) is 5.82 Å². The van der Waals surface area contributed by atoms with Gasteiger partial charge in [0.2, 0.25) is 0 Å². The Labute approximate surface area is 98.5 Å². The first kappa shape index (κ1) is 13.0. The van der Waals surface area contributed by atoms with Crippen LogP contribution in [0.4, 0.5) is 5.82 Å². The first-order chi connectivity index (χ1) is 7.77. The average Bonchev–Trinajstić information content (AvgIpc) is 2.29. The van der Waals surface area contributed by atoms with Crippen molar-refractivity contribution in [2.75, 3.05) is 12.3 Å². The summed E-state index contributed by atoms with van der Waals surface area (Å²) >= 11 is 0. The maximum Gasteiger partial charge on any atom is 0.126 e. The van der Waals surface area contributed by atoms with Crippen molar-refractivity contribution >= 4 is 5.82 Å². The normalized spacial score (nSPS) is 12.6. The quantitative estimate of drug-likeness (QED) is 0.743. The third-order valence-electron chi connectivity index (χ3n) is 2.79. The Bertz CT molecular complexity index is 299. The molecule has 3 N–H and O–H groups in total. The van der Waals surface area contributed by atoms with Gasteiger partial charge in [-0.1, -0.05) is 32.8 Å². The second-order valence-corrected chi connectivity index (χ2v) is 4.15. The summed E-state index contributed by atoms with van der Waals surface area (Å²) in [6.45, 7) is 5.38. The minimum atomic E-state index is 0.524. The Morgan fingerprint density at radius 2 is 2.25 bits per heavy atom. The third-order valence-corrected chi connectivity index (χ3v) is 2.79. The molecule has 1 rings (SSSR count). The van der Waals surface area contributed by atoms with E-state index in [1.165, 1.54) is 19.3 Å². The Hall–Kier alpha value is -1.09. The Morgan fingerprint density at radius 3 is 2.88 bits per heavy atom. The summed E-state index contributed by atoms with van der Waals surface area (Å²) in [7, 11) is 0. The predicted octanol–water partition coefficient (Wildman–Crippen LogP) is 2.37. The van der Waals surface area contributed by atoms with E-state index in [1.54, 1.807) is 6.20 Å². The molecule has 0 amide bonds. The SMILES string of the molecule is CCCCC(Cc1cccnc1N)NCC. The highest BCUT2D eigenvalue weighted by molar-refractivity contribution is 5.38. The van der Waals surface area contributed by atoms with E-state index in [2.05, 4.69) is 30.2 Å². The molecular weight excluding hydrogens is 198 g/mol. The van der Waals surface area contributed by atoms with Crippen molar-refractivity contribution < 1.29 is 0 Å². The lowest BCUT2D eigenvalue weighted by molar-refractivity contribution is 0.473. The largest absolute Gasteiger partial charge is 0.383 e. The number of likely N-dealkylation sites (N-methyl/N-ethyl adjacent to an activating group) is 1. The molecule has 16 heavy (non-hydrogen) atoms. The molecule has 0 fully saturated rings. The van der Waals surface area contributed by atoms with Crippen LogP contribution in [0, 0.1) is 0 Å². The van der Waals surface area contributed by atoms with E-state index < -0.39 is 0 Å². The third kappa shape index (κ3) is 4.19. The summed E-state index contributed by atoms with van der Waals surface area (Å²) in [5.74, 6) is 0.668. The van der Waals surface area contributed by atoms with E-state index in [4.69, 9.17) is 5.73 Å². The lowest BCUT2D eigenvalue weighted by atomic mass is 10.0. The summed E-state index contributed by atoms with van der Waals surface area (Å²) in [4.78, 5) is 4.12. The number of nitrogens with two attached hydrogens (primary N) is 1. The number of rotatable bonds is 7. The number of nitrogens with zero attached hydrogens (tertiary/aromatic N) is 1. The fourth-order valence-electron chi connectivity index (χ4n) is 1.90. The van der Waals surface area contributed by atoms with Crippen molar-refractivity contribution in [2.45, 2.75) is 45.6 Å². The van der Waals surface area contributed by atoms with Crippen LogP contribution in [0.5, 0.6) is 0 Å². The van der Waals surface area contributed by atoms with Crippen LogP contribution in [0.2, 0.25) is 0 Å². The van der Waals surface area contributed by atoms with E-state index in [1.807, 2.05) is 6.07 Å². The molecule has 1 aromatic rings. The van der Waals surface area contributed by atoms with Crippen LogP contribution in [0.1, 0.15) is 38.7 Å². The van der Waals surface area contributed by atoms with Crippen LogP contribution in [-0.4, -0.2) is 17.6 Å². The predicted molar refractivity (Wildman–Crippen MR) is 69.3 cm³/mol. The van der Waals surface area contributed by atoms with Gasteiger partial charge in [-0.3, -0.25) is 0 Å². The zero-order valence-electron chi connectivity index (χ0n) is 10.4. The number of pyridine rings is 1. The van der Waals surface area contributed by atoms with Crippen LogP contribution < -0.4 is 11.1 Å². The van der Waals surface area contributed by atoms with Crippen molar-refractivity contribution in [3.8, 4) is 0 Å². The molecule has 0 saturated heterocycles. The van der Waals surface area contributed by atoms with Crippen LogP contribution in [0.3, 0.4) is 0 Å². The van der Waals surface area contributed by atoms with Gasteiger partial charge in [0.25, 0.3) is 0 Å². The molecule has 0 aliphatic rings. The van der Waals surface area contributed by atoms with Crippen LogP contribution >= 0.6 is 0 Å². The molecule has 0 saturated carbocycles. The fraction of sp³-hybridized carbons (Fsp3) is 0.615. The molecule has 1 aromatic heterocycles. The number of nitrogen functional groups attached to an aromatic ring is 1. The highest BCUT2D eigenvalue weighted by atomic mass is 14.9. The molecule has 3 heteroatoms. The average molecular weight is 221 g/mol. The second kappa shape index (κ2) is 7.23. The van der Waals surface area contributed by atoms with E-state index in [0.29, 0.717) is 11.9 Å². The topological polar surface area (TPSA) is 50.9 Å². The van der Waals surface area contributed by atoms with Crippen LogP contribution in [0.25, 0.3) is 0 Å². The molecule has 0 aliphatic carbocycles. The molecule has 0 aliphatic heterocycles. The van der Waals surface area contributed by atoms with Gasteiger partial charge in [0.05, 0.1) is 0 Å². The zero-order valence-corrected chi connectivity index (χ0v) is 10.4. The number of hydrogen-bond donors (Lipinski definition) is 2. The van der Waals surface area contributed by atoms with Crippen molar-refractivity contribution in [2.24, 2.45) is 0 Å². The number of anilines is 1. The molecular formula is C13H23N3. The molecule has 0 aromatic carbocycles. The Morgan fingerprint density at radius 1 is 1.44 bits per heavy atom. The zero-order chi connectivity index (χ0) is 11.8. The summed E-state index contributed by atoms with van der Waals surface area (Å²) < 4.78 is 0. The van der Waals surface area contributed by atoms with E-state index in [9.17, 15) is 0 Å². The van der Waals surface area contributed by atoms with Gasteiger partial charge in [-0.05, 0) is 31.0 Å². The Kier molecular flexibility index (Phi) is 5.86. The standard InChI is InChI=1S/C13H23N3/c1-3-5-8-12(15-4-2)10-11-7-6-9-16-13(11)14/h6-7,9,12,15H,3-5,8,10H2,1-2H3,(H2,14,16). The van der Waals surface area contributed by atoms with Gasteiger partial charge in [0, 0.05) is 12.2 Å². The number of unbranched alkanes of at least 4 members (excludes halogenated alkanes) is 1. The van der Waals surface area contributed by atoms with Crippen LogP contribution in [0.15, 0.2) is 18.3 Å². The van der Waals surface area contributed by atoms with Crippen molar-refractivity contribution in [1.29, 1.82) is 0 Å². The number of hydrogen-bond acceptors (Lipinski definition) is 3. The van der Waals surface area contributed by atoms with Crippen molar-refractivity contribution in [3.63, 3.8) is 0 Å². The Balaban J connectivity index is 2.56. The monoisotopic (exact) mass is 221 g/mol. The lowest BCUT2D eigenvalue weighted by Crippen LogP contribution is -2.31. The first-order valence-corrected chi connectivity index (χ1v) is 6.20. The van der Waals surface area contributed by atoms with Gasteiger partial charge in [0.15, 0.2) is 0 Å². The highest BCUT2D eigenvalue weighted by Crippen LogP contribution is 2.13. The molecule has 1 atom stereocenters. The van der Waals surface area contributed by atoms with Gasteiger partial charge in [-0.2, -0.15) is 0 Å². The lowest BCUT2D eigenvalue weighted by Gasteiger charge is -2.18. The molecule has 90 valence electrons. The highest BCUT2D eigenvalue weighted by Gasteiger charge is 2.09. The molecule has 1 unspecified atom stereocenters. The number of aromatic nitrogens is 1. The minimum Gasteiger partial charge on any atom is -0.383 e. The van der Waals surface area contributed by atoms with E-state index in [0.717, 1.165) is 18.5 Å². The van der Waals surface area contributed by atoms with Crippen LogP contribution in [-0.2, 0) is 6.42 Å². The van der Waals surface area contributed by atoms with Crippen molar-refractivity contribution in [1.82, 2.24) is 10.3 Å². The molecule has 1 heterocycles. The van der Waals surface area contributed by atoms with E-state index >= 15 is 0 Å². The first-order valence-electron chi connectivity index (χ1n) is 6.20. The van der Waals surface area contributed by atoms with E-state index in [-0.39, 0.29) is 0 Å². The fourth-order valence-corrected chi connectivity index (χ4v) is 1.90. The maximum atomic E-state index is 5.85. The molecule has 0 spiro atoms. The number of nitrogens with one attached hydrogen (secondary N) is 1. The molecule has 0 radical (unpaired) electrons. The smallest absolute Gasteiger partial charge is 0.126 e. The summed E-state index contributed by atoms with van der Waals surface area (Å²) in [5, 5.41) is 3.51. The van der Waals surface area contributed by atoms with Gasteiger partial charge >= 0.3 is 0 Å². The second-order valence-electron chi connectivity index (χ2n) is 4.15. The summed E-state index contributed by atoms with van der Waals surface area (Å²) in [6.07, 6.45) is 6.43. The molecule has 0 bridgehead atoms. The maximum absolute atomic E-state index is 5.85. The summed E-state index contributed by atoms with van der Waals surface area (Å²) in [5.41, 5.74) is 7.01. The van der Waals surface area contributed by atoms with Gasteiger partial charge < -0.3 is 11.1 Å². The van der Waals surface area contributed by atoms with Gasteiger partial charge in [-0.15, -0.1) is 0 Å². The van der Waals surface area contributed by atoms with Crippen molar-refractivity contribution in [3.05, 3.63) is 23.9 Å². The summed E-state index contributed by atoms with van der Waals surface area (Å²) in [6, 6.07) is 4.55. The minimum absolute atomic E-state index is 0.524. The van der Waals surface area contributed by atoms with Gasteiger partial charge in [-0.25, -0.2) is 4.98 Å². The molecule has 3 nitrogen and oxygen atoms in total.